The lowest BCUT2D eigenvalue weighted by Gasteiger charge is -2.25. The van der Waals surface area contributed by atoms with Crippen LogP contribution < -0.4 is 0 Å². The van der Waals surface area contributed by atoms with E-state index >= 15 is 0 Å². The lowest BCUT2D eigenvalue weighted by Crippen LogP contribution is -2.40. The summed E-state index contributed by atoms with van der Waals surface area (Å²) in [7, 11) is -3.64. The number of ether oxygens (including phenoxy) is 1. The van der Waals surface area contributed by atoms with Crippen molar-refractivity contribution in [1.82, 2.24) is 4.31 Å². The molecule has 0 amide bonds. The van der Waals surface area contributed by atoms with Gasteiger partial charge < -0.3 is 4.74 Å². The largest absolute Gasteiger partial charge is 0.466 e. The van der Waals surface area contributed by atoms with Crippen LogP contribution in [0.5, 0.6) is 0 Å². The number of carbonyl (C=O) groups is 1. The molecule has 142 valence electrons. The molecule has 0 saturated carbocycles. The molecule has 0 spiro atoms. The molecule has 1 aromatic rings. The fraction of sp³-hybridized carbons (Fsp3) is 0.421. The van der Waals surface area contributed by atoms with Crippen molar-refractivity contribution in [2.45, 2.75) is 31.7 Å². The first kappa shape index (κ1) is 20.6. The third-order valence-electron chi connectivity index (χ3n) is 4.28. The van der Waals surface area contributed by atoms with Crippen LogP contribution in [-0.2, 0) is 19.6 Å². The molecule has 0 aromatic heterocycles. The van der Waals surface area contributed by atoms with E-state index in [1.807, 2.05) is 36.4 Å². The topological polar surface area (TPSA) is 63.7 Å². The fourth-order valence-corrected chi connectivity index (χ4v) is 7.25. The Balaban J connectivity index is 2.27. The van der Waals surface area contributed by atoms with E-state index in [1.54, 1.807) is 12.2 Å². The van der Waals surface area contributed by atoms with E-state index < -0.39 is 30.1 Å². The Bertz CT molecular complexity index is 795. The molecule has 1 aromatic carbocycles. The predicted octanol–water partition coefficient (Wildman–Crippen LogP) is 3.15. The Morgan fingerprint density at radius 2 is 1.92 bits per heavy atom. The van der Waals surface area contributed by atoms with E-state index in [2.05, 4.69) is 19.6 Å². The summed E-state index contributed by atoms with van der Waals surface area (Å²) < 4.78 is 32.0. The van der Waals surface area contributed by atoms with Gasteiger partial charge in [0.25, 0.3) is 0 Å². The highest BCUT2D eigenvalue weighted by Crippen LogP contribution is 2.26. The maximum atomic E-state index is 12.9. The highest BCUT2D eigenvalue weighted by molar-refractivity contribution is 7.89. The zero-order valence-electron chi connectivity index (χ0n) is 15.8. The van der Waals surface area contributed by atoms with Crippen molar-refractivity contribution in [1.29, 1.82) is 0 Å². The summed E-state index contributed by atoms with van der Waals surface area (Å²) in [5.41, 5.74) is 1.32. The molecule has 0 N–H and O–H groups in total. The SMILES string of the molecule is COC(=O)C1=CCN(S(=O)(=O)CC[Si](C)(C)C)C1/C=C/c1ccccc1. The van der Waals surface area contributed by atoms with Crippen LogP contribution in [0.3, 0.4) is 0 Å². The molecule has 1 aliphatic heterocycles. The van der Waals surface area contributed by atoms with Crippen molar-refractivity contribution in [2.24, 2.45) is 0 Å². The Morgan fingerprint density at radius 1 is 1.27 bits per heavy atom. The Hall–Kier alpha value is -1.70. The van der Waals surface area contributed by atoms with Gasteiger partial charge in [0.15, 0.2) is 0 Å². The molecular formula is C19H27NO4SSi. The molecule has 1 heterocycles. The van der Waals surface area contributed by atoms with Crippen LogP contribution >= 0.6 is 0 Å². The van der Waals surface area contributed by atoms with Crippen molar-refractivity contribution in [3.8, 4) is 0 Å². The number of benzene rings is 1. The Labute approximate surface area is 157 Å². The number of methoxy groups -OCH3 is 1. The molecule has 1 atom stereocenters. The van der Waals surface area contributed by atoms with Crippen molar-refractivity contribution >= 4 is 30.1 Å². The number of nitrogens with zero attached hydrogens (tertiary/aromatic N) is 1. The summed E-state index contributed by atoms with van der Waals surface area (Å²) in [5, 5.41) is 0. The molecule has 2 rings (SSSR count). The summed E-state index contributed by atoms with van der Waals surface area (Å²) in [6, 6.07) is 9.65. The molecule has 0 aliphatic carbocycles. The van der Waals surface area contributed by atoms with Crippen LogP contribution in [0.2, 0.25) is 25.7 Å². The van der Waals surface area contributed by atoms with E-state index in [9.17, 15) is 13.2 Å². The fourth-order valence-electron chi connectivity index (χ4n) is 2.70. The summed E-state index contributed by atoms with van der Waals surface area (Å²) in [5.74, 6) is -0.378. The van der Waals surface area contributed by atoms with Crippen LogP contribution in [0.15, 0.2) is 48.1 Å². The number of hydrogen-bond acceptors (Lipinski definition) is 4. The smallest absolute Gasteiger partial charge is 0.335 e. The second-order valence-electron chi connectivity index (χ2n) is 7.56. The molecule has 0 saturated heterocycles. The van der Waals surface area contributed by atoms with Gasteiger partial charge in [-0.25, -0.2) is 13.2 Å². The molecule has 1 aliphatic rings. The molecule has 1 unspecified atom stereocenters. The first-order valence-corrected chi connectivity index (χ1v) is 14.0. The number of esters is 1. The Kier molecular flexibility index (Phi) is 6.60. The average Bonchev–Trinajstić information content (AvgIpc) is 3.03. The normalized spacial score (nSPS) is 18.9. The van der Waals surface area contributed by atoms with Crippen molar-refractivity contribution < 1.29 is 17.9 Å². The zero-order valence-corrected chi connectivity index (χ0v) is 17.6. The van der Waals surface area contributed by atoms with Gasteiger partial charge in [-0.3, -0.25) is 0 Å². The predicted molar refractivity (Wildman–Crippen MR) is 108 cm³/mol. The number of rotatable bonds is 7. The quantitative estimate of drug-likeness (QED) is 0.527. The minimum Gasteiger partial charge on any atom is -0.466 e. The van der Waals surface area contributed by atoms with E-state index in [-0.39, 0.29) is 12.3 Å². The standard InChI is InChI=1S/C19H27NO4SSi/c1-24-19(21)17-12-13-20(25(22,23)14-15-26(2,3)4)18(17)11-10-16-8-6-5-7-9-16/h5-12,18H,13-15H2,1-4H3/b11-10+. The zero-order chi connectivity index (χ0) is 19.4. The van der Waals surface area contributed by atoms with Crippen molar-refractivity contribution in [2.75, 3.05) is 19.4 Å². The highest BCUT2D eigenvalue weighted by atomic mass is 32.2. The molecule has 0 radical (unpaired) electrons. The first-order chi connectivity index (χ1) is 12.1. The van der Waals surface area contributed by atoms with E-state index in [1.165, 1.54) is 11.4 Å². The number of carbonyl (C=O) groups excluding carboxylic acids is 1. The third-order valence-corrected chi connectivity index (χ3v) is 8.20. The van der Waals surface area contributed by atoms with Crippen LogP contribution in [0.4, 0.5) is 0 Å². The van der Waals surface area contributed by atoms with E-state index in [0.717, 1.165) is 5.56 Å². The molecule has 7 heteroatoms. The van der Waals surface area contributed by atoms with Crippen LogP contribution in [0, 0.1) is 0 Å². The second-order valence-corrected chi connectivity index (χ2v) is 15.2. The van der Waals surface area contributed by atoms with Crippen molar-refractivity contribution in [3.63, 3.8) is 0 Å². The van der Waals surface area contributed by atoms with Gasteiger partial charge in [-0.05, 0) is 11.6 Å². The number of hydrogen-bond donors (Lipinski definition) is 0. The van der Waals surface area contributed by atoms with Gasteiger partial charge in [0.1, 0.15) is 0 Å². The molecule has 0 bridgehead atoms. The second kappa shape index (κ2) is 8.33. The van der Waals surface area contributed by atoms with Gasteiger partial charge in [-0.1, -0.05) is 68.2 Å². The minimum absolute atomic E-state index is 0.112. The van der Waals surface area contributed by atoms with E-state index in [4.69, 9.17) is 4.74 Å². The van der Waals surface area contributed by atoms with E-state index in [0.29, 0.717) is 11.6 Å². The summed E-state index contributed by atoms with van der Waals surface area (Å²) in [6.45, 7) is 6.65. The first-order valence-electron chi connectivity index (χ1n) is 8.65. The monoisotopic (exact) mass is 393 g/mol. The summed E-state index contributed by atoms with van der Waals surface area (Å²) >= 11 is 0. The maximum Gasteiger partial charge on any atom is 0.335 e. The molecular weight excluding hydrogens is 366 g/mol. The van der Waals surface area contributed by atoms with Gasteiger partial charge in [0.05, 0.1) is 24.5 Å². The van der Waals surface area contributed by atoms with Gasteiger partial charge in [-0.2, -0.15) is 4.31 Å². The van der Waals surface area contributed by atoms with Gasteiger partial charge >= 0.3 is 5.97 Å². The summed E-state index contributed by atoms with van der Waals surface area (Å²) in [4.78, 5) is 12.1. The maximum absolute atomic E-state index is 12.9. The molecule has 5 nitrogen and oxygen atoms in total. The minimum atomic E-state index is -3.46. The number of sulfonamides is 1. The van der Waals surface area contributed by atoms with Crippen LogP contribution in [0.25, 0.3) is 6.08 Å². The Morgan fingerprint density at radius 3 is 2.50 bits per heavy atom. The lowest BCUT2D eigenvalue weighted by atomic mass is 10.1. The van der Waals surface area contributed by atoms with Gasteiger partial charge in [0, 0.05) is 14.6 Å². The lowest BCUT2D eigenvalue weighted by molar-refractivity contribution is -0.136. The average molecular weight is 394 g/mol. The van der Waals surface area contributed by atoms with Crippen molar-refractivity contribution in [3.05, 3.63) is 53.6 Å². The summed E-state index contributed by atoms with van der Waals surface area (Å²) in [6.07, 6.45) is 5.25. The van der Waals surface area contributed by atoms with Gasteiger partial charge in [-0.15, -0.1) is 0 Å². The van der Waals surface area contributed by atoms with Gasteiger partial charge in [0.2, 0.25) is 10.0 Å². The van der Waals surface area contributed by atoms with Crippen LogP contribution in [0.1, 0.15) is 5.56 Å². The third kappa shape index (κ3) is 5.39. The highest BCUT2D eigenvalue weighted by Gasteiger charge is 2.38. The molecule has 0 fully saturated rings. The molecule has 26 heavy (non-hydrogen) atoms. The van der Waals surface area contributed by atoms with Crippen LogP contribution in [-0.4, -0.2) is 52.2 Å².